The van der Waals surface area contributed by atoms with E-state index in [1.54, 1.807) is 7.11 Å². The lowest BCUT2D eigenvalue weighted by Gasteiger charge is -2.33. The summed E-state index contributed by atoms with van der Waals surface area (Å²) in [6, 6.07) is 0.754. The van der Waals surface area contributed by atoms with Crippen LogP contribution >= 0.6 is 24.0 Å². The highest BCUT2D eigenvalue weighted by atomic mass is 127. The first-order chi connectivity index (χ1) is 11.2. The van der Waals surface area contributed by atoms with Crippen LogP contribution in [0.3, 0.4) is 0 Å². The summed E-state index contributed by atoms with van der Waals surface area (Å²) in [5.41, 5.74) is 0. The predicted molar refractivity (Wildman–Crippen MR) is 114 cm³/mol. The smallest absolute Gasteiger partial charge is 0.191 e. The minimum Gasteiger partial charge on any atom is -0.383 e. The standard InChI is InChI=1S/C17H37N5O.HI/c1-16-8-5-6-11-22(16)12-7-9-19-17(18-2)20-10-13-21(3)14-15-23-4;/h16H,5-15H2,1-4H3,(H2,18,19,20);1H. The summed E-state index contributed by atoms with van der Waals surface area (Å²) in [7, 11) is 5.68. The highest BCUT2D eigenvalue weighted by Gasteiger charge is 2.17. The summed E-state index contributed by atoms with van der Waals surface area (Å²) in [5.74, 6) is 0.900. The maximum Gasteiger partial charge on any atom is 0.191 e. The predicted octanol–water partition coefficient (Wildman–Crippen LogP) is 1.61. The van der Waals surface area contributed by atoms with Gasteiger partial charge in [0.2, 0.25) is 0 Å². The number of guanidine groups is 1. The highest BCUT2D eigenvalue weighted by Crippen LogP contribution is 2.15. The molecule has 0 bridgehead atoms. The molecule has 1 aliphatic rings. The van der Waals surface area contributed by atoms with Crippen molar-refractivity contribution < 1.29 is 4.74 Å². The molecule has 2 N–H and O–H groups in total. The summed E-state index contributed by atoms with van der Waals surface area (Å²) >= 11 is 0. The molecule has 0 amide bonds. The molecule has 0 aromatic rings. The van der Waals surface area contributed by atoms with Gasteiger partial charge in [-0.2, -0.15) is 0 Å². The Labute approximate surface area is 165 Å². The van der Waals surface area contributed by atoms with Crippen LogP contribution in [0.2, 0.25) is 0 Å². The maximum atomic E-state index is 5.08. The number of hydrogen-bond donors (Lipinski definition) is 2. The number of halogens is 1. The van der Waals surface area contributed by atoms with Crippen molar-refractivity contribution in [2.75, 3.05) is 67.1 Å². The van der Waals surface area contributed by atoms with E-state index >= 15 is 0 Å². The molecule has 24 heavy (non-hydrogen) atoms. The van der Waals surface area contributed by atoms with E-state index in [1.165, 1.54) is 38.8 Å². The number of likely N-dealkylation sites (N-methyl/N-ethyl adjacent to an activating group) is 1. The molecular weight excluding hydrogens is 417 g/mol. The second-order valence-electron chi connectivity index (χ2n) is 6.46. The third-order valence-corrected chi connectivity index (χ3v) is 4.54. The van der Waals surface area contributed by atoms with E-state index in [-0.39, 0.29) is 24.0 Å². The molecule has 0 spiro atoms. The monoisotopic (exact) mass is 455 g/mol. The number of piperidine rings is 1. The summed E-state index contributed by atoms with van der Waals surface area (Å²) in [6.45, 7) is 9.39. The van der Waals surface area contributed by atoms with Crippen molar-refractivity contribution in [2.45, 2.75) is 38.6 Å². The SMILES string of the molecule is CN=C(NCCCN1CCCCC1C)NCCN(C)CCOC.I. The van der Waals surface area contributed by atoms with E-state index in [0.717, 1.165) is 44.8 Å². The molecule has 0 aromatic carbocycles. The van der Waals surface area contributed by atoms with Crippen molar-refractivity contribution in [3.63, 3.8) is 0 Å². The van der Waals surface area contributed by atoms with Gasteiger partial charge < -0.3 is 25.2 Å². The summed E-state index contributed by atoms with van der Waals surface area (Å²) in [4.78, 5) is 9.15. The lowest BCUT2D eigenvalue weighted by Crippen LogP contribution is -2.43. The highest BCUT2D eigenvalue weighted by molar-refractivity contribution is 14.0. The molecule has 1 rings (SSSR count). The fraction of sp³-hybridized carbons (Fsp3) is 0.941. The fourth-order valence-electron chi connectivity index (χ4n) is 2.92. The number of ether oxygens (including phenoxy) is 1. The molecule has 1 heterocycles. The normalized spacial score (nSPS) is 19.2. The zero-order chi connectivity index (χ0) is 16.9. The van der Waals surface area contributed by atoms with Gasteiger partial charge in [0.25, 0.3) is 0 Å². The number of hydrogen-bond acceptors (Lipinski definition) is 4. The molecule has 1 unspecified atom stereocenters. The van der Waals surface area contributed by atoms with Crippen LogP contribution in [0.15, 0.2) is 4.99 Å². The molecular formula is C17H38IN5O. The Bertz CT molecular complexity index is 330. The number of nitrogens with one attached hydrogen (secondary N) is 2. The van der Waals surface area contributed by atoms with Crippen LogP contribution in [0.4, 0.5) is 0 Å². The minimum absolute atomic E-state index is 0. The van der Waals surface area contributed by atoms with Crippen LogP contribution in [-0.2, 0) is 4.74 Å². The van der Waals surface area contributed by atoms with Gasteiger partial charge in [0.05, 0.1) is 6.61 Å². The fourth-order valence-corrected chi connectivity index (χ4v) is 2.92. The van der Waals surface area contributed by atoms with Gasteiger partial charge in [0, 0.05) is 52.9 Å². The zero-order valence-electron chi connectivity index (χ0n) is 16.0. The van der Waals surface area contributed by atoms with E-state index in [2.05, 4.69) is 39.4 Å². The number of aliphatic imine (C=N–C) groups is 1. The average Bonchev–Trinajstić information content (AvgIpc) is 2.56. The van der Waals surface area contributed by atoms with Crippen molar-refractivity contribution in [3.8, 4) is 0 Å². The molecule has 0 aromatic heterocycles. The Hall–Kier alpha value is -0.120. The molecule has 0 radical (unpaired) electrons. The van der Waals surface area contributed by atoms with Gasteiger partial charge in [0.1, 0.15) is 0 Å². The van der Waals surface area contributed by atoms with Gasteiger partial charge in [-0.05, 0) is 39.8 Å². The van der Waals surface area contributed by atoms with Crippen molar-refractivity contribution >= 4 is 29.9 Å². The van der Waals surface area contributed by atoms with Gasteiger partial charge in [-0.15, -0.1) is 24.0 Å². The lowest BCUT2D eigenvalue weighted by molar-refractivity contribution is 0.159. The number of methoxy groups -OCH3 is 1. The first-order valence-electron chi connectivity index (χ1n) is 9.03. The Morgan fingerprint density at radius 3 is 2.67 bits per heavy atom. The molecule has 7 heteroatoms. The van der Waals surface area contributed by atoms with Crippen molar-refractivity contribution in [2.24, 2.45) is 4.99 Å². The average molecular weight is 455 g/mol. The minimum atomic E-state index is 0. The van der Waals surface area contributed by atoms with Crippen molar-refractivity contribution in [3.05, 3.63) is 0 Å². The van der Waals surface area contributed by atoms with E-state index in [4.69, 9.17) is 4.74 Å². The Balaban J connectivity index is 0.00000529. The summed E-state index contributed by atoms with van der Waals surface area (Å²) < 4.78 is 5.08. The second kappa shape index (κ2) is 15.2. The number of rotatable bonds is 10. The summed E-state index contributed by atoms with van der Waals surface area (Å²) in [5, 5.41) is 6.78. The molecule has 1 fully saturated rings. The largest absolute Gasteiger partial charge is 0.383 e. The van der Waals surface area contributed by atoms with Gasteiger partial charge in [0.15, 0.2) is 5.96 Å². The van der Waals surface area contributed by atoms with Crippen LogP contribution in [0, 0.1) is 0 Å². The van der Waals surface area contributed by atoms with E-state index < -0.39 is 0 Å². The topological polar surface area (TPSA) is 52.1 Å². The first kappa shape index (κ1) is 23.9. The Kier molecular flexibility index (Phi) is 15.1. The third kappa shape index (κ3) is 10.7. The molecule has 1 aliphatic heterocycles. The molecule has 0 saturated carbocycles. The molecule has 1 atom stereocenters. The quantitative estimate of drug-likeness (QED) is 0.227. The van der Waals surface area contributed by atoms with Gasteiger partial charge in [-0.25, -0.2) is 0 Å². The number of likely N-dealkylation sites (tertiary alicyclic amines) is 1. The van der Waals surface area contributed by atoms with E-state index in [0.29, 0.717) is 0 Å². The Morgan fingerprint density at radius 2 is 2.00 bits per heavy atom. The van der Waals surface area contributed by atoms with Crippen LogP contribution in [-0.4, -0.2) is 88.9 Å². The zero-order valence-corrected chi connectivity index (χ0v) is 18.3. The molecule has 144 valence electrons. The molecule has 0 aliphatic carbocycles. The molecule has 6 nitrogen and oxygen atoms in total. The van der Waals surface area contributed by atoms with Crippen LogP contribution in [0.25, 0.3) is 0 Å². The van der Waals surface area contributed by atoms with Crippen LogP contribution in [0.1, 0.15) is 32.6 Å². The van der Waals surface area contributed by atoms with E-state index in [9.17, 15) is 0 Å². The van der Waals surface area contributed by atoms with Gasteiger partial charge in [-0.3, -0.25) is 4.99 Å². The Morgan fingerprint density at radius 1 is 1.25 bits per heavy atom. The molecule has 1 saturated heterocycles. The number of nitrogens with zero attached hydrogens (tertiary/aromatic N) is 3. The first-order valence-corrected chi connectivity index (χ1v) is 9.03. The maximum absolute atomic E-state index is 5.08. The van der Waals surface area contributed by atoms with Gasteiger partial charge >= 0.3 is 0 Å². The van der Waals surface area contributed by atoms with Crippen LogP contribution < -0.4 is 10.6 Å². The third-order valence-electron chi connectivity index (χ3n) is 4.54. The van der Waals surface area contributed by atoms with Crippen LogP contribution in [0.5, 0.6) is 0 Å². The van der Waals surface area contributed by atoms with E-state index in [1.807, 2.05) is 7.05 Å². The summed E-state index contributed by atoms with van der Waals surface area (Å²) in [6.07, 6.45) is 5.27. The van der Waals surface area contributed by atoms with Gasteiger partial charge in [-0.1, -0.05) is 6.42 Å². The second-order valence-corrected chi connectivity index (χ2v) is 6.46. The lowest BCUT2D eigenvalue weighted by atomic mass is 10.0. The van der Waals surface area contributed by atoms with Crippen molar-refractivity contribution in [1.82, 2.24) is 20.4 Å². The van der Waals surface area contributed by atoms with Crippen molar-refractivity contribution in [1.29, 1.82) is 0 Å².